The Hall–Kier alpha value is -2.87. The average molecular weight is 356 g/mol. The SMILES string of the molecule is C=Cn1cc(CN2CCn3c(Cc4cccc(F)c4F)nnc3C2)cn1. The van der Waals surface area contributed by atoms with E-state index in [2.05, 4.69) is 26.8 Å². The Bertz CT molecular complexity index is 945. The standard InChI is InChI=1S/C18H18F2N6/c1-2-25-11-13(9-21-25)10-24-6-7-26-16(22-23-17(26)12-24)8-14-4-3-5-15(19)18(14)20/h2-5,9,11H,1,6-8,10,12H2. The summed E-state index contributed by atoms with van der Waals surface area (Å²) in [4.78, 5) is 2.25. The maximum absolute atomic E-state index is 13.9. The van der Waals surface area contributed by atoms with Gasteiger partial charge in [-0.05, 0) is 11.6 Å². The predicted octanol–water partition coefficient (Wildman–Crippen LogP) is 2.46. The zero-order valence-corrected chi connectivity index (χ0v) is 14.1. The number of hydrogen-bond acceptors (Lipinski definition) is 4. The minimum atomic E-state index is -0.841. The van der Waals surface area contributed by atoms with Crippen LogP contribution in [0.2, 0.25) is 0 Å². The van der Waals surface area contributed by atoms with E-state index < -0.39 is 11.6 Å². The van der Waals surface area contributed by atoms with E-state index in [1.165, 1.54) is 6.07 Å². The van der Waals surface area contributed by atoms with Crippen LogP contribution in [0.4, 0.5) is 8.78 Å². The molecule has 3 aromatic rings. The fraction of sp³-hybridized carbons (Fsp3) is 0.278. The van der Waals surface area contributed by atoms with Crippen LogP contribution in [-0.2, 0) is 26.1 Å². The van der Waals surface area contributed by atoms with E-state index >= 15 is 0 Å². The van der Waals surface area contributed by atoms with Crippen LogP contribution < -0.4 is 0 Å². The molecule has 8 heteroatoms. The number of fused-ring (bicyclic) bond motifs is 1. The van der Waals surface area contributed by atoms with Crippen molar-refractivity contribution in [2.45, 2.75) is 26.1 Å². The number of benzene rings is 1. The minimum absolute atomic E-state index is 0.225. The smallest absolute Gasteiger partial charge is 0.162 e. The van der Waals surface area contributed by atoms with Crippen LogP contribution in [0.15, 0.2) is 37.2 Å². The molecule has 6 nitrogen and oxygen atoms in total. The number of rotatable bonds is 5. The highest BCUT2D eigenvalue weighted by Gasteiger charge is 2.22. The highest BCUT2D eigenvalue weighted by atomic mass is 19.2. The van der Waals surface area contributed by atoms with Gasteiger partial charge in [0, 0.05) is 44.0 Å². The van der Waals surface area contributed by atoms with Crippen molar-refractivity contribution in [2.24, 2.45) is 0 Å². The van der Waals surface area contributed by atoms with E-state index in [0.717, 1.165) is 30.5 Å². The van der Waals surface area contributed by atoms with Gasteiger partial charge in [-0.3, -0.25) is 4.90 Å². The van der Waals surface area contributed by atoms with Gasteiger partial charge in [-0.15, -0.1) is 10.2 Å². The molecule has 1 aliphatic rings. The summed E-state index contributed by atoms with van der Waals surface area (Å²) in [6.45, 7) is 6.63. The van der Waals surface area contributed by atoms with Gasteiger partial charge in [0.05, 0.1) is 12.7 Å². The van der Waals surface area contributed by atoms with E-state index in [9.17, 15) is 8.78 Å². The van der Waals surface area contributed by atoms with Gasteiger partial charge in [-0.1, -0.05) is 18.7 Å². The number of hydrogen-bond donors (Lipinski definition) is 0. The van der Waals surface area contributed by atoms with Crippen LogP contribution in [0.25, 0.3) is 6.20 Å². The number of halogens is 2. The van der Waals surface area contributed by atoms with Crippen LogP contribution in [-0.4, -0.2) is 36.0 Å². The molecule has 0 aliphatic carbocycles. The summed E-state index contributed by atoms with van der Waals surface area (Å²) >= 11 is 0. The molecule has 26 heavy (non-hydrogen) atoms. The maximum atomic E-state index is 13.9. The van der Waals surface area contributed by atoms with Gasteiger partial charge in [0.2, 0.25) is 0 Å². The van der Waals surface area contributed by atoms with Crippen molar-refractivity contribution in [1.29, 1.82) is 0 Å². The molecule has 134 valence electrons. The predicted molar refractivity (Wildman–Crippen MR) is 91.9 cm³/mol. The van der Waals surface area contributed by atoms with Crippen LogP contribution in [0.1, 0.15) is 22.8 Å². The molecule has 1 aromatic carbocycles. The summed E-state index contributed by atoms with van der Waals surface area (Å²) in [5.41, 5.74) is 1.39. The highest BCUT2D eigenvalue weighted by Crippen LogP contribution is 2.19. The zero-order chi connectivity index (χ0) is 18.1. The lowest BCUT2D eigenvalue weighted by Crippen LogP contribution is -2.34. The average Bonchev–Trinajstić information content (AvgIpc) is 3.26. The van der Waals surface area contributed by atoms with E-state index in [4.69, 9.17) is 0 Å². The lowest BCUT2D eigenvalue weighted by Gasteiger charge is -2.27. The molecule has 0 bridgehead atoms. The van der Waals surface area contributed by atoms with E-state index in [0.29, 0.717) is 24.5 Å². The Kier molecular flexibility index (Phi) is 4.34. The summed E-state index contributed by atoms with van der Waals surface area (Å²) in [6, 6.07) is 4.20. The first-order valence-electron chi connectivity index (χ1n) is 8.36. The van der Waals surface area contributed by atoms with Crippen molar-refractivity contribution in [1.82, 2.24) is 29.4 Å². The second-order valence-corrected chi connectivity index (χ2v) is 6.30. The van der Waals surface area contributed by atoms with Crippen molar-refractivity contribution in [2.75, 3.05) is 6.54 Å². The van der Waals surface area contributed by atoms with Gasteiger partial charge in [0.15, 0.2) is 11.6 Å². The van der Waals surface area contributed by atoms with Gasteiger partial charge in [-0.25, -0.2) is 13.5 Å². The van der Waals surface area contributed by atoms with Crippen molar-refractivity contribution in [3.63, 3.8) is 0 Å². The Labute approximate surface area is 149 Å². The first kappa shape index (κ1) is 16.6. The summed E-state index contributed by atoms with van der Waals surface area (Å²) < 4.78 is 31.0. The quantitative estimate of drug-likeness (QED) is 0.705. The van der Waals surface area contributed by atoms with Crippen LogP contribution >= 0.6 is 0 Å². The molecule has 0 amide bonds. The normalized spacial score (nSPS) is 14.4. The van der Waals surface area contributed by atoms with Gasteiger partial charge in [0.1, 0.15) is 11.6 Å². The maximum Gasteiger partial charge on any atom is 0.162 e. The van der Waals surface area contributed by atoms with E-state index in [1.54, 1.807) is 16.9 Å². The molecular weight excluding hydrogens is 338 g/mol. The second-order valence-electron chi connectivity index (χ2n) is 6.30. The molecule has 0 spiro atoms. The molecule has 0 unspecified atom stereocenters. The van der Waals surface area contributed by atoms with Crippen LogP contribution in [0, 0.1) is 11.6 Å². The summed E-state index contributed by atoms with van der Waals surface area (Å²) in [5, 5.41) is 12.6. The summed E-state index contributed by atoms with van der Waals surface area (Å²) in [6.07, 6.45) is 5.63. The lowest BCUT2D eigenvalue weighted by atomic mass is 10.1. The Morgan fingerprint density at radius 3 is 2.88 bits per heavy atom. The molecule has 0 radical (unpaired) electrons. The van der Waals surface area contributed by atoms with Crippen molar-refractivity contribution >= 4 is 6.20 Å². The summed E-state index contributed by atoms with van der Waals surface area (Å²) in [7, 11) is 0. The summed E-state index contributed by atoms with van der Waals surface area (Å²) in [5.74, 6) is -0.170. The Balaban J connectivity index is 1.48. The zero-order valence-electron chi connectivity index (χ0n) is 14.1. The minimum Gasteiger partial charge on any atom is -0.312 e. The monoisotopic (exact) mass is 356 g/mol. The molecule has 0 fully saturated rings. The third kappa shape index (κ3) is 3.15. The number of nitrogens with zero attached hydrogens (tertiary/aromatic N) is 6. The first-order valence-corrected chi connectivity index (χ1v) is 8.36. The van der Waals surface area contributed by atoms with Gasteiger partial charge in [0.25, 0.3) is 0 Å². The van der Waals surface area contributed by atoms with E-state index in [1.807, 2.05) is 17.0 Å². The molecule has 4 rings (SSSR count). The molecule has 0 saturated carbocycles. The third-order valence-electron chi connectivity index (χ3n) is 4.54. The van der Waals surface area contributed by atoms with Gasteiger partial charge >= 0.3 is 0 Å². The molecule has 0 atom stereocenters. The Morgan fingerprint density at radius 2 is 2.08 bits per heavy atom. The fourth-order valence-electron chi connectivity index (χ4n) is 3.21. The molecule has 1 aliphatic heterocycles. The Morgan fingerprint density at radius 1 is 1.19 bits per heavy atom. The van der Waals surface area contributed by atoms with Crippen molar-refractivity contribution in [3.05, 3.63) is 71.6 Å². The first-order chi connectivity index (χ1) is 12.6. The van der Waals surface area contributed by atoms with Crippen molar-refractivity contribution in [3.8, 4) is 0 Å². The number of aromatic nitrogens is 5. The largest absolute Gasteiger partial charge is 0.312 e. The molecule has 0 N–H and O–H groups in total. The van der Waals surface area contributed by atoms with E-state index in [-0.39, 0.29) is 6.42 Å². The van der Waals surface area contributed by atoms with Crippen LogP contribution in [0.5, 0.6) is 0 Å². The van der Waals surface area contributed by atoms with Crippen LogP contribution in [0.3, 0.4) is 0 Å². The molecular formula is C18H18F2N6. The van der Waals surface area contributed by atoms with Gasteiger partial charge in [-0.2, -0.15) is 5.10 Å². The molecule has 3 heterocycles. The van der Waals surface area contributed by atoms with Crippen molar-refractivity contribution < 1.29 is 8.78 Å². The van der Waals surface area contributed by atoms with Gasteiger partial charge < -0.3 is 4.57 Å². The molecule has 2 aromatic heterocycles. The second kappa shape index (κ2) is 6.80. The lowest BCUT2D eigenvalue weighted by molar-refractivity contribution is 0.207. The molecule has 0 saturated heterocycles. The topological polar surface area (TPSA) is 51.8 Å². The highest BCUT2D eigenvalue weighted by molar-refractivity contribution is 5.23. The third-order valence-corrected chi connectivity index (χ3v) is 4.54. The fourth-order valence-corrected chi connectivity index (χ4v) is 3.21.